The van der Waals surface area contributed by atoms with Crippen molar-refractivity contribution in [3.8, 4) is 0 Å². The highest BCUT2D eigenvalue weighted by atomic mass is 32.2. The Morgan fingerprint density at radius 1 is 1.29 bits per heavy atom. The SMILES string of the molecule is C=CCN(CC=C)C(=O)c1cccc(S(=O)(=O)NCC)c1. The van der Waals surface area contributed by atoms with Crippen molar-refractivity contribution in [2.75, 3.05) is 19.6 Å². The Labute approximate surface area is 126 Å². The van der Waals surface area contributed by atoms with Crippen molar-refractivity contribution in [2.45, 2.75) is 11.8 Å². The molecule has 1 aromatic rings. The van der Waals surface area contributed by atoms with Gasteiger partial charge in [-0.3, -0.25) is 4.79 Å². The van der Waals surface area contributed by atoms with Crippen LogP contribution in [0.15, 0.2) is 54.5 Å². The first-order valence-corrected chi connectivity index (χ1v) is 8.05. The number of amides is 1. The molecule has 1 aromatic carbocycles. The van der Waals surface area contributed by atoms with Gasteiger partial charge in [0.15, 0.2) is 0 Å². The fourth-order valence-electron chi connectivity index (χ4n) is 1.80. The largest absolute Gasteiger partial charge is 0.331 e. The van der Waals surface area contributed by atoms with Crippen molar-refractivity contribution >= 4 is 15.9 Å². The molecule has 0 saturated heterocycles. The van der Waals surface area contributed by atoms with E-state index in [1.165, 1.54) is 17.0 Å². The molecular formula is C15H20N2O3S. The summed E-state index contributed by atoms with van der Waals surface area (Å²) in [5.74, 6) is -0.261. The Kier molecular flexibility index (Phi) is 6.33. The Morgan fingerprint density at radius 2 is 1.90 bits per heavy atom. The second-order valence-electron chi connectivity index (χ2n) is 4.32. The van der Waals surface area contributed by atoms with E-state index in [0.29, 0.717) is 25.2 Å². The number of hydrogen-bond donors (Lipinski definition) is 1. The molecule has 0 aliphatic heterocycles. The van der Waals surface area contributed by atoms with Gasteiger partial charge in [0.1, 0.15) is 0 Å². The number of rotatable bonds is 8. The minimum absolute atomic E-state index is 0.0763. The lowest BCUT2D eigenvalue weighted by atomic mass is 10.2. The average molecular weight is 308 g/mol. The predicted molar refractivity (Wildman–Crippen MR) is 83.6 cm³/mol. The number of sulfonamides is 1. The van der Waals surface area contributed by atoms with Crippen LogP contribution in [0.5, 0.6) is 0 Å². The van der Waals surface area contributed by atoms with E-state index in [2.05, 4.69) is 17.9 Å². The van der Waals surface area contributed by atoms with Crippen LogP contribution < -0.4 is 4.72 Å². The quantitative estimate of drug-likeness (QED) is 0.745. The molecule has 1 rings (SSSR count). The minimum atomic E-state index is -3.58. The van der Waals surface area contributed by atoms with Gasteiger partial charge in [-0.05, 0) is 18.2 Å². The van der Waals surface area contributed by atoms with Crippen LogP contribution in [0, 0.1) is 0 Å². The molecule has 0 bridgehead atoms. The highest BCUT2D eigenvalue weighted by molar-refractivity contribution is 7.89. The topological polar surface area (TPSA) is 66.5 Å². The molecule has 1 N–H and O–H groups in total. The van der Waals surface area contributed by atoms with Crippen LogP contribution in [0.3, 0.4) is 0 Å². The molecule has 0 radical (unpaired) electrons. The predicted octanol–water partition coefficient (Wildman–Crippen LogP) is 1.80. The smallest absolute Gasteiger partial charge is 0.254 e. The molecular weight excluding hydrogens is 288 g/mol. The van der Waals surface area contributed by atoms with Gasteiger partial charge in [-0.1, -0.05) is 25.1 Å². The Bertz CT molecular complexity index is 614. The highest BCUT2D eigenvalue weighted by Crippen LogP contribution is 2.13. The highest BCUT2D eigenvalue weighted by Gasteiger charge is 2.18. The van der Waals surface area contributed by atoms with E-state index in [4.69, 9.17) is 0 Å². The summed E-state index contributed by atoms with van der Waals surface area (Å²) in [6.07, 6.45) is 3.22. The number of carbonyl (C=O) groups excluding carboxylic acids is 1. The molecule has 21 heavy (non-hydrogen) atoms. The molecule has 0 spiro atoms. The molecule has 1 amide bonds. The van der Waals surface area contributed by atoms with Gasteiger partial charge >= 0.3 is 0 Å². The molecule has 114 valence electrons. The normalized spacial score (nSPS) is 10.9. The first-order valence-electron chi connectivity index (χ1n) is 6.57. The first-order chi connectivity index (χ1) is 9.96. The zero-order valence-electron chi connectivity index (χ0n) is 12.1. The number of nitrogens with one attached hydrogen (secondary N) is 1. The van der Waals surface area contributed by atoms with Gasteiger partial charge in [-0.2, -0.15) is 0 Å². The molecule has 5 nitrogen and oxygen atoms in total. The Morgan fingerprint density at radius 3 is 2.43 bits per heavy atom. The Hall–Kier alpha value is -1.92. The molecule has 0 atom stereocenters. The van der Waals surface area contributed by atoms with Gasteiger partial charge in [0.2, 0.25) is 10.0 Å². The fraction of sp³-hybridized carbons (Fsp3) is 0.267. The van der Waals surface area contributed by atoms with E-state index < -0.39 is 10.0 Å². The Balaban J connectivity index is 3.11. The van der Waals surface area contributed by atoms with Gasteiger partial charge in [0.05, 0.1) is 4.90 Å². The molecule has 6 heteroatoms. The zero-order chi connectivity index (χ0) is 15.9. The van der Waals surface area contributed by atoms with Crippen LogP contribution in [0.4, 0.5) is 0 Å². The van der Waals surface area contributed by atoms with Crippen LogP contribution >= 0.6 is 0 Å². The second-order valence-corrected chi connectivity index (χ2v) is 6.08. The maximum atomic E-state index is 12.4. The third kappa shape index (κ3) is 4.54. The third-order valence-electron chi connectivity index (χ3n) is 2.71. The van der Waals surface area contributed by atoms with E-state index in [-0.39, 0.29) is 10.8 Å². The maximum Gasteiger partial charge on any atom is 0.254 e. The number of benzene rings is 1. The summed E-state index contributed by atoms with van der Waals surface area (Å²) >= 11 is 0. The number of hydrogen-bond acceptors (Lipinski definition) is 3. The van der Waals surface area contributed by atoms with E-state index in [9.17, 15) is 13.2 Å². The van der Waals surface area contributed by atoms with Gasteiger partial charge in [0, 0.05) is 25.2 Å². The second kappa shape index (κ2) is 7.75. The summed E-state index contributed by atoms with van der Waals surface area (Å²) in [6, 6.07) is 5.98. The van der Waals surface area contributed by atoms with E-state index in [1.54, 1.807) is 31.2 Å². The van der Waals surface area contributed by atoms with Crippen molar-refractivity contribution in [2.24, 2.45) is 0 Å². The molecule has 0 fully saturated rings. The fourth-order valence-corrected chi connectivity index (χ4v) is 2.89. The summed E-state index contributed by atoms with van der Waals surface area (Å²) in [5.41, 5.74) is 0.317. The summed E-state index contributed by atoms with van der Waals surface area (Å²) in [6.45, 7) is 9.94. The molecule has 0 heterocycles. The molecule has 0 unspecified atom stereocenters. The van der Waals surface area contributed by atoms with Crippen LogP contribution in [0.2, 0.25) is 0 Å². The summed E-state index contributed by atoms with van der Waals surface area (Å²) in [5, 5.41) is 0. The monoisotopic (exact) mass is 308 g/mol. The van der Waals surface area contributed by atoms with Gasteiger partial charge < -0.3 is 4.90 Å². The summed E-state index contributed by atoms with van der Waals surface area (Å²) < 4.78 is 26.3. The molecule has 0 saturated carbocycles. The lowest BCUT2D eigenvalue weighted by Crippen LogP contribution is -2.31. The molecule has 0 aliphatic rings. The lowest BCUT2D eigenvalue weighted by Gasteiger charge is -2.19. The third-order valence-corrected chi connectivity index (χ3v) is 4.26. The van der Waals surface area contributed by atoms with E-state index in [0.717, 1.165) is 0 Å². The van der Waals surface area contributed by atoms with Crippen molar-refractivity contribution < 1.29 is 13.2 Å². The zero-order valence-corrected chi connectivity index (χ0v) is 12.9. The maximum absolute atomic E-state index is 12.4. The standard InChI is InChI=1S/C15H20N2O3S/c1-4-10-17(11-5-2)15(18)13-8-7-9-14(12-13)21(19,20)16-6-3/h4-5,7-9,12,16H,1-2,6,10-11H2,3H3. The van der Waals surface area contributed by atoms with Crippen molar-refractivity contribution in [1.29, 1.82) is 0 Å². The lowest BCUT2D eigenvalue weighted by molar-refractivity contribution is 0.0790. The van der Waals surface area contributed by atoms with Crippen LogP contribution in [0.1, 0.15) is 17.3 Å². The molecule has 0 aromatic heterocycles. The van der Waals surface area contributed by atoms with Crippen molar-refractivity contribution in [1.82, 2.24) is 9.62 Å². The van der Waals surface area contributed by atoms with Gasteiger partial charge in [0.25, 0.3) is 5.91 Å². The number of carbonyl (C=O) groups is 1. The number of nitrogens with zero attached hydrogens (tertiary/aromatic N) is 1. The van der Waals surface area contributed by atoms with Crippen LogP contribution in [-0.4, -0.2) is 38.9 Å². The van der Waals surface area contributed by atoms with E-state index >= 15 is 0 Å². The van der Waals surface area contributed by atoms with Crippen molar-refractivity contribution in [3.63, 3.8) is 0 Å². The van der Waals surface area contributed by atoms with E-state index in [1.807, 2.05) is 0 Å². The average Bonchev–Trinajstić information content (AvgIpc) is 2.46. The summed E-state index contributed by atoms with van der Waals surface area (Å²) in [4.78, 5) is 14.0. The van der Waals surface area contributed by atoms with Crippen molar-refractivity contribution in [3.05, 3.63) is 55.1 Å². The van der Waals surface area contributed by atoms with Crippen LogP contribution in [-0.2, 0) is 10.0 Å². The first kappa shape index (κ1) is 17.1. The summed E-state index contributed by atoms with van der Waals surface area (Å²) in [7, 11) is -3.58. The minimum Gasteiger partial charge on any atom is -0.331 e. The molecule has 0 aliphatic carbocycles. The van der Waals surface area contributed by atoms with Gasteiger partial charge in [-0.25, -0.2) is 13.1 Å². The van der Waals surface area contributed by atoms with Crippen LogP contribution in [0.25, 0.3) is 0 Å². The van der Waals surface area contributed by atoms with Gasteiger partial charge in [-0.15, -0.1) is 13.2 Å².